The van der Waals surface area contributed by atoms with Crippen molar-refractivity contribution < 1.29 is 0 Å². The first-order valence-corrected chi connectivity index (χ1v) is 4.79. The molecule has 2 heteroatoms. The van der Waals surface area contributed by atoms with Crippen LogP contribution in [-0.4, -0.2) is 12.1 Å². The highest BCUT2D eigenvalue weighted by molar-refractivity contribution is 5.21. The molecule has 3 aliphatic carbocycles. The first-order chi connectivity index (χ1) is 5.39. The maximum Gasteiger partial charge on any atom is 0.0791 e. The van der Waals surface area contributed by atoms with Gasteiger partial charge in [-0.1, -0.05) is 0 Å². The summed E-state index contributed by atoms with van der Waals surface area (Å²) in [5.74, 6) is 1.86. The van der Waals surface area contributed by atoms with E-state index in [1.165, 1.54) is 25.7 Å². The van der Waals surface area contributed by atoms with Crippen LogP contribution in [0.15, 0.2) is 10.2 Å². The lowest BCUT2D eigenvalue weighted by Gasteiger charge is -2.23. The molecular weight excluding hydrogens is 136 g/mol. The van der Waals surface area contributed by atoms with Gasteiger partial charge in [-0.3, -0.25) is 0 Å². The van der Waals surface area contributed by atoms with Crippen molar-refractivity contribution in [2.75, 3.05) is 0 Å². The Labute approximate surface area is 66.1 Å². The molecule has 0 aromatic rings. The minimum Gasteiger partial charge on any atom is -0.190 e. The predicted octanol–water partition coefficient (Wildman–Crippen LogP) is 2.01. The van der Waals surface area contributed by atoms with Crippen LogP contribution < -0.4 is 0 Å². The molecule has 0 aromatic carbocycles. The van der Waals surface area contributed by atoms with E-state index in [4.69, 9.17) is 0 Å². The van der Waals surface area contributed by atoms with Gasteiger partial charge in [0.15, 0.2) is 0 Å². The Balaban J connectivity index is 1.88. The third kappa shape index (κ3) is 0.414. The maximum absolute atomic E-state index is 4.39. The Kier molecular flexibility index (Phi) is 0.612. The molecule has 4 unspecified atom stereocenters. The van der Waals surface area contributed by atoms with E-state index in [2.05, 4.69) is 10.2 Å². The van der Waals surface area contributed by atoms with Crippen LogP contribution in [0.4, 0.5) is 0 Å². The molecule has 0 amide bonds. The van der Waals surface area contributed by atoms with Crippen LogP contribution in [-0.2, 0) is 0 Å². The zero-order chi connectivity index (χ0) is 7.05. The van der Waals surface area contributed by atoms with Gasteiger partial charge in [0, 0.05) is 5.92 Å². The topological polar surface area (TPSA) is 24.7 Å². The van der Waals surface area contributed by atoms with Crippen LogP contribution in [0.1, 0.15) is 25.7 Å². The molecule has 11 heavy (non-hydrogen) atoms. The monoisotopic (exact) mass is 148 g/mol. The molecule has 3 saturated carbocycles. The lowest BCUT2D eigenvalue weighted by molar-refractivity contribution is 0.279. The van der Waals surface area contributed by atoms with E-state index in [-0.39, 0.29) is 0 Å². The minimum atomic E-state index is 0.668. The lowest BCUT2D eigenvalue weighted by atomic mass is 9.83. The zero-order valence-electron chi connectivity index (χ0n) is 6.53. The molecule has 0 N–H and O–H groups in total. The van der Waals surface area contributed by atoms with Gasteiger partial charge in [-0.15, -0.1) is 0 Å². The highest BCUT2D eigenvalue weighted by Crippen LogP contribution is 2.71. The Morgan fingerprint density at radius 1 is 1.18 bits per heavy atom. The highest BCUT2D eigenvalue weighted by Gasteiger charge is 2.68. The fourth-order valence-electron chi connectivity index (χ4n) is 3.90. The molecule has 0 saturated heterocycles. The molecule has 58 valence electrons. The van der Waals surface area contributed by atoms with Crippen LogP contribution in [0, 0.1) is 17.3 Å². The highest BCUT2D eigenvalue weighted by atomic mass is 15.2. The third-order valence-electron chi connectivity index (χ3n) is 4.43. The second-order valence-electron chi connectivity index (χ2n) is 4.88. The molecule has 1 spiro atoms. The molecule has 3 fully saturated rings. The molecule has 4 rings (SSSR count). The van der Waals surface area contributed by atoms with Gasteiger partial charge in [-0.05, 0) is 37.0 Å². The lowest BCUT2D eigenvalue weighted by Crippen LogP contribution is -2.23. The Hall–Kier alpha value is -0.400. The van der Waals surface area contributed by atoms with Gasteiger partial charge in [-0.25, -0.2) is 0 Å². The molecule has 1 aliphatic heterocycles. The van der Waals surface area contributed by atoms with Crippen molar-refractivity contribution in [1.29, 1.82) is 0 Å². The van der Waals surface area contributed by atoms with Crippen LogP contribution in [0.2, 0.25) is 0 Å². The van der Waals surface area contributed by atoms with E-state index in [0.717, 1.165) is 17.3 Å². The van der Waals surface area contributed by atoms with Gasteiger partial charge >= 0.3 is 0 Å². The zero-order valence-corrected chi connectivity index (χ0v) is 6.53. The molecular formula is C9H12N2. The summed E-state index contributed by atoms with van der Waals surface area (Å²) in [4.78, 5) is 0. The fraction of sp³-hybridized carbons (Fsp3) is 1.00. The molecule has 4 atom stereocenters. The standard InChI is InChI=1S/C9H12N2/c1-2-9(1)4-5-3-6-7(9)8(5)11-10-6/h5-8H,1-4H2. The van der Waals surface area contributed by atoms with Crippen LogP contribution in [0.5, 0.6) is 0 Å². The number of rotatable bonds is 0. The Bertz CT molecular complexity index is 254. The van der Waals surface area contributed by atoms with Gasteiger partial charge < -0.3 is 0 Å². The van der Waals surface area contributed by atoms with Crippen molar-refractivity contribution in [2.24, 2.45) is 27.5 Å². The Morgan fingerprint density at radius 2 is 2.09 bits per heavy atom. The summed E-state index contributed by atoms with van der Waals surface area (Å²) in [6.07, 6.45) is 5.86. The summed E-state index contributed by atoms with van der Waals surface area (Å²) in [6.45, 7) is 0. The van der Waals surface area contributed by atoms with E-state index in [9.17, 15) is 0 Å². The quantitative estimate of drug-likeness (QED) is 0.502. The SMILES string of the molecule is C1C2CC3(CC3)C3C1N=NC23. The number of nitrogens with zero attached hydrogens (tertiary/aromatic N) is 2. The van der Waals surface area contributed by atoms with Crippen molar-refractivity contribution in [3.63, 3.8) is 0 Å². The van der Waals surface area contributed by atoms with Crippen LogP contribution >= 0.6 is 0 Å². The number of hydrogen-bond donors (Lipinski definition) is 0. The second-order valence-corrected chi connectivity index (χ2v) is 4.88. The summed E-state index contributed by atoms with van der Waals surface area (Å²) in [7, 11) is 0. The first-order valence-electron chi connectivity index (χ1n) is 4.79. The molecule has 4 aliphatic rings. The van der Waals surface area contributed by atoms with E-state index in [0.29, 0.717) is 12.1 Å². The summed E-state index contributed by atoms with van der Waals surface area (Å²) < 4.78 is 0. The summed E-state index contributed by atoms with van der Waals surface area (Å²) in [5.41, 5.74) is 0.780. The molecule has 1 heterocycles. The maximum atomic E-state index is 4.39. The van der Waals surface area contributed by atoms with Gasteiger partial charge in [0.1, 0.15) is 0 Å². The molecule has 0 radical (unpaired) electrons. The molecule has 0 aromatic heterocycles. The van der Waals surface area contributed by atoms with E-state index in [1.54, 1.807) is 0 Å². The third-order valence-corrected chi connectivity index (χ3v) is 4.43. The Morgan fingerprint density at radius 3 is 2.73 bits per heavy atom. The average molecular weight is 148 g/mol. The first kappa shape index (κ1) is 5.28. The van der Waals surface area contributed by atoms with E-state index in [1.807, 2.05) is 0 Å². The summed E-state index contributed by atoms with van der Waals surface area (Å²) in [6, 6.07) is 1.35. The van der Waals surface area contributed by atoms with Gasteiger partial charge in [0.05, 0.1) is 12.1 Å². The van der Waals surface area contributed by atoms with Gasteiger partial charge in [-0.2, -0.15) is 10.2 Å². The van der Waals surface area contributed by atoms with Gasteiger partial charge in [0.25, 0.3) is 0 Å². The van der Waals surface area contributed by atoms with Crippen molar-refractivity contribution >= 4 is 0 Å². The van der Waals surface area contributed by atoms with E-state index >= 15 is 0 Å². The summed E-state index contributed by atoms with van der Waals surface area (Å²) in [5, 5.41) is 8.74. The van der Waals surface area contributed by atoms with Crippen LogP contribution in [0.3, 0.4) is 0 Å². The molecule has 2 nitrogen and oxygen atoms in total. The number of azo groups is 1. The molecule has 4 bridgehead atoms. The fourth-order valence-corrected chi connectivity index (χ4v) is 3.90. The van der Waals surface area contributed by atoms with Gasteiger partial charge in [0.2, 0.25) is 0 Å². The second kappa shape index (κ2) is 1.27. The average Bonchev–Trinajstić information content (AvgIpc) is 2.44. The largest absolute Gasteiger partial charge is 0.190 e. The normalized spacial score (nSPS) is 59.6. The van der Waals surface area contributed by atoms with E-state index < -0.39 is 0 Å². The van der Waals surface area contributed by atoms with Crippen molar-refractivity contribution in [3.8, 4) is 0 Å². The predicted molar refractivity (Wildman–Crippen MR) is 40.3 cm³/mol. The summed E-state index contributed by atoms with van der Waals surface area (Å²) >= 11 is 0. The number of hydrogen-bond acceptors (Lipinski definition) is 2. The smallest absolute Gasteiger partial charge is 0.0791 e. The van der Waals surface area contributed by atoms with Crippen molar-refractivity contribution in [2.45, 2.75) is 37.8 Å². The minimum absolute atomic E-state index is 0.668. The van der Waals surface area contributed by atoms with Crippen molar-refractivity contribution in [1.82, 2.24) is 0 Å². The van der Waals surface area contributed by atoms with Crippen LogP contribution in [0.25, 0.3) is 0 Å². The van der Waals surface area contributed by atoms with Crippen molar-refractivity contribution in [3.05, 3.63) is 0 Å².